The molecule has 0 aliphatic heterocycles. The summed E-state index contributed by atoms with van der Waals surface area (Å²) in [6.45, 7) is 6.57. The Bertz CT molecular complexity index is 76.6. The number of nitrogens with zero attached hydrogens (tertiary/aromatic N) is 1. The fourth-order valence-corrected chi connectivity index (χ4v) is 0.620. The van der Waals surface area contributed by atoms with Crippen LogP contribution in [0.1, 0.15) is 20.3 Å². The summed E-state index contributed by atoms with van der Waals surface area (Å²) in [6.07, 6.45) is 5.48. The molecule has 0 atom stereocenters. The molecule has 0 bridgehead atoms. The Labute approximate surface area is 58.4 Å². The molecule has 0 unspecified atom stereocenters. The fourth-order valence-electron chi connectivity index (χ4n) is 0.620. The van der Waals surface area contributed by atoms with Gasteiger partial charge >= 0.3 is 0 Å². The Morgan fingerprint density at radius 1 is 1.44 bits per heavy atom. The van der Waals surface area contributed by atoms with Crippen LogP contribution in [0.5, 0.6) is 0 Å². The second-order valence-electron chi connectivity index (χ2n) is 2.25. The molecule has 0 aliphatic carbocycles. The van der Waals surface area contributed by atoms with Gasteiger partial charge in [0.1, 0.15) is 0 Å². The van der Waals surface area contributed by atoms with Gasteiger partial charge in [0, 0.05) is 6.54 Å². The third-order valence-electron chi connectivity index (χ3n) is 1.45. The summed E-state index contributed by atoms with van der Waals surface area (Å²) >= 11 is 0. The number of allylic oxidation sites excluding steroid dienone is 1. The zero-order valence-corrected chi connectivity index (χ0v) is 6.72. The minimum atomic E-state index is 1.15. The normalized spacial score (nSPS) is 11.6. The van der Waals surface area contributed by atoms with Gasteiger partial charge in [-0.15, -0.1) is 0 Å². The van der Waals surface area contributed by atoms with E-state index in [1.165, 1.54) is 13.0 Å². The van der Waals surface area contributed by atoms with Gasteiger partial charge in [0.05, 0.1) is 0 Å². The lowest BCUT2D eigenvalue weighted by molar-refractivity contribution is 0.360. The standard InChI is InChI=1S/C8H17N/c1-4-6-7-8-9(3)5-2/h4,6H,5,7-8H2,1-3H3/b6-4+. The van der Waals surface area contributed by atoms with E-state index in [0.29, 0.717) is 0 Å². The van der Waals surface area contributed by atoms with Crippen LogP contribution in [0.4, 0.5) is 0 Å². The van der Waals surface area contributed by atoms with E-state index >= 15 is 0 Å². The van der Waals surface area contributed by atoms with Gasteiger partial charge < -0.3 is 4.90 Å². The minimum absolute atomic E-state index is 1.15. The number of hydrogen-bond donors (Lipinski definition) is 0. The Balaban J connectivity index is 3.06. The molecule has 0 heterocycles. The van der Waals surface area contributed by atoms with E-state index in [1.54, 1.807) is 0 Å². The maximum Gasteiger partial charge on any atom is 0.00127 e. The van der Waals surface area contributed by atoms with Crippen LogP contribution in [0, 0.1) is 0 Å². The highest BCUT2D eigenvalue weighted by Crippen LogP contribution is 1.87. The van der Waals surface area contributed by atoms with Crippen LogP contribution in [0.25, 0.3) is 0 Å². The maximum atomic E-state index is 2.31. The monoisotopic (exact) mass is 127 g/mol. The van der Waals surface area contributed by atoms with E-state index in [1.807, 2.05) is 0 Å². The number of rotatable bonds is 4. The van der Waals surface area contributed by atoms with Crippen LogP contribution < -0.4 is 0 Å². The molecule has 9 heavy (non-hydrogen) atoms. The third-order valence-corrected chi connectivity index (χ3v) is 1.45. The average Bonchev–Trinajstić information content (AvgIpc) is 1.89. The van der Waals surface area contributed by atoms with E-state index in [9.17, 15) is 0 Å². The molecular weight excluding hydrogens is 110 g/mol. The van der Waals surface area contributed by atoms with Gasteiger partial charge in [0.15, 0.2) is 0 Å². The zero-order valence-electron chi connectivity index (χ0n) is 6.72. The summed E-state index contributed by atoms with van der Waals surface area (Å²) < 4.78 is 0. The highest BCUT2D eigenvalue weighted by atomic mass is 15.1. The molecule has 0 spiro atoms. The molecule has 1 heteroatoms. The molecule has 0 aliphatic rings. The molecule has 0 aromatic heterocycles. The van der Waals surface area contributed by atoms with Gasteiger partial charge in [0.25, 0.3) is 0 Å². The second kappa shape index (κ2) is 5.83. The first-order valence-electron chi connectivity index (χ1n) is 3.61. The molecule has 0 N–H and O–H groups in total. The average molecular weight is 127 g/mol. The highest BCUT2D eigenvalue weighted by molar-refractivity contribution is 4.77. The SMILES string of the molecule is C/C=C/CCN(C)CC. The Morgan fingerprint density at radius 3 is 2.56 bits per heavy atom. The van der Waals surface area contributed by atoms with Gasteiger partial charge in [-0.1, -0.05) is 19.1 Å². The first-order chi connectivity index (χ1) is 4.31. The van der Waals surface area contributed by atoms with Crippen LogP contribution in [0.2, 0.25) is 0 Å². The molecular formula is C8H17N. The van der Waals surface area contributed by atoms with Gasteiger partial charge in [-0.3, -0.25) is 0 Å². The summed E-state index contributed by atoms with van der Waals surface area (Å²) in [4.78, 5) is 2.31. The van der Waals surface area contributed by atoms with E-state index in [4.69, 9.17) is 0 Å². The van der Waals surface area contributed by atoms with Gasteiger partial charge in [-0.05, 0) is 26.9 Å². The lowest BCUT2D eigenvalue weighted by Gasteiger charge is -2.10. The molecule has 0 saturated carbocycles. The number of hydrogen-bond acceptors (Lipinski definition) is 1. The van der Waals surface area contributed by atoms with Crippen molar-refractivity contribution >= 4 is 0 Å². The minimum Gasteiger partial charge on any atom is -0.306 e. The summed E-state index contributed by atoms with van der Waals surface area (Å²) in [5.74, 6) is 0. The lowest BCUT2D eigenvalue weighted by Crippen LogP contribution is -2.17. The largest absolute Gasteiger partial charge is 0.306 e. The Kier molecular flexibility index (Phi) is 5.64. The van der Waals surface area contributed by atoms with Crippen molar-refractivity contribution in [2.24, 2.45) is 0 Å². The van der Waals surface area contributed by atoms with Crippen molar-refractivity contribution < 1.29 is 0 Å². The molecule has 0 aromatic carbocycles. The molecule has 0 saturated heterocycles. The smallest absolute Gasteiger partial charge is 0.00127 e. The van der Waals surface area contributed by atoms with Crippen molar-refractivity contribution in [2.45, 2.75) is 20.3 Å². The maximum absolute atomic E-state index is 2.31. The van der Waals surface area contributed by atoms with E-state index in [0.717, 1.165) is 6.54 Å². The van der Waals surface area contributed by atoms with Gasteiger partial charge in [-0.25, -0.2) is 0 Å². The van der Waals surface area contributed by atoms with Crippen LogP contribution in [0.15, 0.2) is 12.2 Å². The first-order valence-corrected chi connectivity index (χ1v) is 3.61. The molecule has 1 nitrogen and oxygen atoms in total. The molecule has 0 fully saturated rings. The fraction of sp³-hybridized carbons (Fsp3) is 0.750. The third kappa shape index (κ3) is 5.57. The van der Waals surface area contributed by atoms with Gasteiger partial charge in [-0.2, -0.15) is 0 Å². The first kappa shape index (κ1) is 8.70. The van der Waals surface area contributed by atoms with Crippen molar-refractivity contribution in [3.63, 3.8) is 0 Å². The predicted molar refractivity (Wildman–Crippen MR) is 42.6 cm³/mol. The van der Waals surface area contributed by atoms with E-state index in [2.05, 4.69) is 37.9 Å². The molecule has 0 rings (SSSR count). The van der Waals surface area contributed by atoms with Crippen LogP contribution in [-0.4, -0.2) is 25.0 Å². The second-order valence-corrected chi connectivity index (χ2v) is 2.25. The summed E-state index contributed by atoms with van der Waals surface area (Å²) in [7, 11) is 2.14. The summed E-state index contributed by atoms with van der Waals surface area (Å²) in [5.41, 5.74) is 0. The highest BCUT2D eigenvalue weighted by Gasteiger charge is 1.88. The molecule has 54 valence electrons. The van der Waals surface area contributed by atoms with Crippen molar-refractivity contribution in [3.05, 3.63) is 12.2 Å². The topological polar surface area (TPSA) is 3.24 Å². The molecule has 0 amide bonds. The molecule has 0 aromatic rings. The Hall–Kier alpha value is -0.300. The van der Waals surface area contributed by atoms with Gasteiger partial charge in [0.2, 0.25) is 0 Å². The summed E-state index contributed by atoms with van der Waals surface area (Å²) in [6, 6.07) is 0. The van der Waals surface area contributed by atoms with Crippen molar-refractivity contribution in [2.75, 3.05) is 20.1 Å². The lowest BCUT2D eigenvalue weighted by atomic mass is 10.3. The summed E-state index contributed by atoms with van der Waals surface area (Å²) in [5, 5.41) is 0. The van der Waals surface area contributed by atoms with Crippen LogP contribution in [0.3, 0.4) is 0 Å². The molecule has 0 radical (unpaired) electrons. The van der Waals surface area contributed by atoms with Crippen molar-refractivity contribution in [3.8, 4) is 0 Å². The van der Waals surface area contributed by atoms with Crippen molar-refractivity contribution in [1.29, 1.82) is 0 Å². The zero-order chi connectivity index (χ0) is 7.11. The Morgan fingerprint density at radius 2 is 2.11 bits per heavy atom. The van der Waals surface area contributed by atoms with E-state index in [-0.39, 0.29) is 0 Å². The quantitative estimate of drug-likeness (QED) is 0.521. The van der Waals surface area contributed by atoms with Crippen LogP contribution >= 0.6 is 0 Å². The van der Waals surface area contributed by atoms with Crippen molar-refractivity contribution in [1.82, 2.24) is 4.90 Å². The van der Waals surface area contributed by atoms with Crippen LogP contribution in [-0.2, 0) is 0 Å². The van der Waals surface area contributed by atoms with E-state index < -0.39 is 0 Å². The predicted octanol–water partition coefficient (Wildman–Crippen LogP) is 1.90.